The smallest absolute Gasteiger partial charge is 0.260 e. The minimum atomic E-state index is -0.797. The van der Waals surface area contributed by atoms with Crippen LogP contribution in [0.15, 0.2) is 35.1 Å². The zero-order valence-corrected chi connectivity index (χ0v) is 15.4. The van der Waals surface area contributed by atoms with Gasteiger partial charge in [0, 0.05) is 30.9 Å². The standard InChI is InChI=1S/C19H23FN4O3/c1-12-11-17(25)23-19(21-12)24-9-7-14(8-10-24)22-18(26)13(2)27-16-6-4-3-5-15(16)20/h3-6,11,13-14H,7-10H2,1-2H3,(H,22,26)(H,21,23,25). The second kappa shape index (κ2) is 8.20. The van der Waals surface area contributed by atoms with Gasteiger partial charge in [-0.05, 0) is 38.8 Å². The van der Waals surface area contributed by atoms with E-state index in [-0.39, 0.29) is 23.3 Å². The lowest BCUT2D eigenvalue weighted by atomic mass is 10.1. The van der Waals surface area contributed by atoms with Gasteiger partial charge in [0.2, 0.25) is 5.95 Å². The van der Waals surface area contributed by atoms with Gasteiger partial charge in [-0.25, -0.2) is 9.37 Å². The van der Waals surface area contributed by atoms with E-state index < -0.39 is 11.9 Å². The number of H-pyrrole nitrogens is 1. The van der Waals surface area contributed by atoms with Gasteiger partial charge in [-0.3, -0.25) is 14.6 Å². The van der Waals surface area contributed by atoms with Gasteiger partial charge in [-0.1, -0.05) is 12.1 Å². The molecule has 144 valence electrons. The van der Waals surface area contributed by atoms with Crippen LogP contribution in [0.1, 0.15) is 25.5 Å². The topological polar surface area (TPSA) is 87.3 Å². The van der Waals surface area contributed by atoms with E-state index in [0.717, 1.165) is 12.8 Å². The molecular weight excluding hydrogens is 351 g/mol. The van der Waals surface area contributed by atoms with Gasteiger partial charge in [-0.15, -0.1) is 0 Å². The zero-order valence-electron chi connectivity index (χ0n) is 15.4. The first-order valence-corrected chi connectivity index (χ1v) is 8.97. The summed E-state index contributed by atoms with van der Waals surface area (Å²) in [4.78, 5) is 33.0. The van der Waals surface area contributed by atoms with Crippen molar-refractivity contribution in [2.24, 2.45) is 0 Å². The van der Waals surface area contributed by atoms with Crippen molar-refractivity contribution in [3.05, 3.63) is 52.2 Å². The molecule has 1 aromatic carbocycles. The Morgan fingerprint density at radius 3 is 2.74 bits per heavy atom. The van der Waals surface area contributed by atoms with Crippen LogP contribution in [0.3, 0.4) is 0 Å². The van der Waals surface area contributed by atoms with Crippen LogP contribution in [0.4, 0.5) is 10.3 Å². The maximum Gasteiger partial charge on any atom is 0.260 e. The molecule has 1 fully saturated rings. The molecule has 0 spiro atoms. The first-order valence-electron chi connectivity index (χ1n) is 8.97. The average molecular weight is 374 g/mol. The number of para-hydroxylation sites is 1. The fourth-order valence-electron chi connectivity index (χ4n) is 3.05. The molecule has 0 bridgehead atoms. The molecule has 1 saturated heterocycles. The van der Waals surface area contributed by atoms with E-state index in [1.54, 1.807) is 26.0 Å². The summed E-state index contributed by atoms with van der Waals surface area (Å²) in [5.41, 5.74) is 0.496. The average Bonchev–Trinajstić information content (AvgIpc) is 2.63. The fourth-order valence-corrected chi connectivity index (χ4v) is 3.05. The Kier molecular flexibility index (Phi) is 5.73. The largest absolute Gasteiger partial charge is 0.478 e. The van der Waals surface area contributed by atoms with Crippen molar-refractivity contribution in [3.63, 3.8) is 0 Å². The molecule has 1 atom stereocenters. The van der Waals surface area contributed by atoms with Crippen LogP contribution in [0.5, 0.6) is 5.75 Å². The molecule has 0 aliphatic carbocycles. The number of hydrogen-bond acceptors (Lipinski definition) is 5. The summed E-state index contributed by atoms with van der Waals surface area (Å²) in [6, 6.07) is 7.45. The van der Waals surface area contributed by atoms with Crippen LogP contribution >= 0.6 is 0 Å². The summed E-state index contributed by atoms with van der Waals surface area (Å²) in [7, 11) is 0. The second-order valence-electron chi connectivity index (χ2n) is 6.67. The lowest BCUT2D eigenvalue weighted by molar-refractivity contribution is -0.128. The van der Waals surface area contributed by atoms with E-state index in [1.807, 2.05) is 4.90 Å². The number of piperidine rings is 1. The van der Waals surface area contributed by atoms with E-state index in [1.165, 1.54) is 18.2 Å². The van der Waals surface area contributed by atoms with Gasteiger partial charge in [0.25, 0.3) is 11.5 Å². The first kappa shape index (κ1) is 18.9. The number of carbonyl (C=O) groups excluding carboxylic acids is 1. The lowest BCUT2D eigenvalue weighted by Gasteiger charge is -2.33. The van der Waals surface area contributed by atoms with Crippen molar-refractivity contribution < 1.29 is 13.9 Å². The number of nitrogens with one attached hydrogen (secondary N) is 2. The number of rotatable bonds is 5. The number of aromatic nitrogens is 2. The number of aryl methyl sites for hydroxylation is 1. The molecule has 2 N–H and O–H groups in total. The van der Waals surface area contributed by atoms with Crippen LogP contribution in [0.2, 0.25) is 0 Å². The van der Waals surface area contributed by atoms with Gasteiger partial charge in [-0.2, -0.15) is 0 Å². The van der Waals surface area contributed by atoms with Crippen molar-refractivity contribution >= 4 is 11.9 Å². The summed E-state index contributed by atoms with van der Waals surface area (Å²) >= 11 is 0. The number of nitrogens with zero attached hydrogens (tertiary/aromatic N) is 2. The summed E-state index contributed by atoms with van der Waals surface area (Å²) in [6.07, 6.45) is 0.640. The fraction of sp³-hybridized carbons (Fsp3) is 0.421. The van der Waals surface area contributed by atoms with Crippen LogP contribution in [-0.2, 0) is 4.79 Å². The Bertz CT molecular complexity index is 862. The van der Waals surface area contributed by atoms with E-state index in [9.17, 15) is 14.0 Å². The molecule has 27 heavy (non-hydrogen) atoms. The molecule has 1 unspecified atom stereocenters. The highest BCUT2D eigenvalue weighted by atomic mass is 19.1. The third-order valence-electron chi connectivity index (χ3n) is 4.51. The molecule has 1 aliphatic rings. The van der Waals surface area contributed by atoms with Gasteiger partial charge in [0.1, 0.15) is 0 Å². The van der Waals surface area contributed by atoms with E-state index in [2.05, 4.69) is 15.3 Å². The monoisotopic (exact) mass is 374 g/mol. The first-order chi connectivity index (χ1) is 12.9. The third-order valence-corrected chi connectivity index (χ3v) is 4.51. The molecule has 2 aromatic rings. The van der Waals surface area contributed by atoms with Crippen LogP contribution in [0.25, 0.3) is 0 Å². The summed E-state index contributed by atoms with van der Waals surface area (Å²) < 4.78 is 19.1. The van der Waals surface area contributed by atoms with Crippen LogP contribution in [-0.4, -0.2) is 41.1 Å². The molecule has 0 radical (unpaired) electrons. The highest BCUT2D eigenvalue weighted by Gasteiger charge is 2.25. The number of aromatic amines is 1. The highest BCUT2D eigenvalue weighted by molar-refractivity contribution is 5.81. The molecule has 2 heterocycles. The third kappa shape index (κ3) is 4.84. The number of amides is 1. The summed E-state index contributed by atoms with van der Waals surface area (Å²) in [5.74, 6) is -0.158. The quantitative estimate of drug-likeness (QED) is 0.833. The van der Waals surface area contributed by atoms with Gasteiger partial charge in [0.15, 0.2) is 17.7 Å². The Morgan fingerprint density at radius 2 is 2.07 bits per heavy atom. The van der Waals surface area contributed by atoms with Crippen molar-refractivity contribution in [2.75, 3.05) is 18.0 Å². The number of ether oxygens (including phenoxy) is 1. The van der Waals surface area contributed by atoms with Gasteiger partial charge < -0.3 is 15.0 Å². The van der Waals surface area contributed by atoms with E-state index >= 15 is 0 Å². The molecule has 0 saturated carbocycles. The Balaban J connectivity index is 1.52. The Labute approximate surface area is 156 Å². The number of anilines is 1. The van der Waals surface area contributed by atoms with Crippen molar-refractivity contribution in [1.29, 1.82) is 0 Å². The van der Waals surface area contributed by atoms with Crippen molar-refractivity contribution in [3.8, 4) is 5.75 Å². The van der Waals surface area contributed by atoms with Crippen LogP contribution < -0.4 is 20.5 Å². The van der Waals surface area contributed by atoms with Gasteiger partial charge in [0.05, 0.1) is 0 Å². The van der Waals surface area contributed by atoms with E-state index in [0.29, 0.717) is 24.7 Å². The normalized spacial score (nSPS) is 16.0. The number of carbonyl (C=O) groups is 1. The summed E-state index contributed by atoms with van der Waals surface area (Å²) in [5, 5.41) is 2.95. The Morgan fingerprint density at radius 1 is 1.37 bits per heavy atom. The maximum atomic E-state index is 13.6. The minimum absolute atomic E-state index is 0.00282. The molecular formula is C19H23FN4O3. The van der Waals surface area contributed by atoms with Crippen molar-refractivity contribution in [2.45, 2.75) is 38.8 Å². The number of benzene rings is 1. The van der Waals surface area contributed by atoms with Gasteiger partial charge >= 0.3 is 0 Å². The van der Waals surface area contributed by atoms with E-state index in [4.69, 9.17) is 4.74 Å². The Hall–Kier alpha value is -2.90. The molecule has 1 aliphatic heterocycles. The molecule has 3 rings (SSSR count). The maximum absolute atomic E-state index is 13.6. The molecule has 1 aromatic heterocycles. The zero-order chi connectivity index (χ0) is 19.4. The molecule has 7 nitrogen and oxygen atoms in total. The van der Waals surface area contributed by atoms with Crippen molar-refractivity contribution in [1.82, 2.24) is 15.3 Å². The number of halogens is 1. The number of hydrogen-bond donors (Lipinski definition) is 2. The highest BCUT2D eigenvalue weighted by Crippen LogP contribution is 2.18. The molecule has 8 heteroatoms. The second-order valence-corrected chi connectivity index (χ2v) is 6.67. The van der Waals surface area contributed by atoms with Crippen LogP contribution in [0, 0.1) is 12.7 Å². The minimum Gasteiger partial charge on any atom is -0.478 e. The summed E-state index contributed by atoms with van der Waals surface area (Å²) in [6.45, 7) is 4.71. The predicted molar refractivity (Wildman–Crippen MR) is 99.5 cm³/mol. The predicted octanol–water partition coefficient (Wildman–Crippen LogP) is 1.77. The SMILES string of the molecule is Cc1cc(=O)[nH]c(N2CCC(NC(=O)C(C)Oc3ccccc3F)CC2)n1. The lowest BCUT2D eigenvalue weighted by Crippen LogP contribution is -2.48. The molecule has 1 amide bonds.